The fourth-order valence-electron chi connectivity index (χ4n) is 1.82. The van der Waals surface area contributed by atoms with Gasteiger partial charge in [-0.2, -0.15) is 0 Å². The Morgan fingerprint density at radius 1 is 1.13 bits per heavy atom. The van der Waals surface area contributed by atoms with Gasteiger partial charge in [0.1, 0.15) is 10.7 Å². The van der Waals surface area contributed by atoms with E-state index in [1.807, 2.05) is 53.9 Å². The van der Waals surface area contributed by atoms with Crippen molar-refractivity contribution < 1.29 is 4.79 Å². The third kappa shape index (κ3) is 4.63. The summed E-state index contributed by atoms with van der Waals surface area (Å²) in [5, 5.41) is 13.9. The molecule has 0 spiro atoms. The van der Waals surface area contributed by atoms with Gasteiger partial charge >= 0.3 is 0 Å². The van der Waals surface area contributed by atoms with E-state index in [0.717, 1.165) is 25.8 Å². The SMILES string of the molecule is O=C(CSc1ccc(-c2cccs2)nn1)Nc1ccc(Br)cc1. The van der Waals surface area contributed by atoms with Crippen molar-refractivity contribution in [1.29, 1.82) is 0 Å². The molecule has 7 heteroatoms. The Balaban J connectivity index is 1.53. The summed E-state index contributed by atoms with van der Waals surface area (Å²) in [6, 6.07) is 15.3. The van der Waals surface area contributed by atoms with Crippen molar-refractivity contribution in [2.45, 2.75) is 5.03 Å². The van der Waals surface area contributed by atoms with Gasteiger partial charge in [0.15, 0.2) is 0 Å². The number of hydrogen-bond acceptors (Lipinski definition) is 5. The first-order valence-electron chi connectivity index (χ1n) is 6.76. The molecular weight excluding hydrogens is 394 g/mol. The van der Waals surface area contributed by atoms with Crippen LogP contribution in [-0.2, 0) is 4.79 Å². The lowest BCUT2D eigenvalue weighted by molar-refractivity contribution is -0.113. The largest absolute Gasteiger partial charge is 0.325 e. The maximum absolute atomic E-state index is 11.9. The maximum Gasteiger partial charge on any atom is 0.234 e. The van der Waals surface area contributed by atoms with Crippen molar-refractivity contribution in [2.24, 2.45) is 0 Å². The molecule has 0 atom stereocenters. The highest BCUT2D eigenvalue weighted by Gasteiger charge is 2.06. The van der Waals surface area contributed by atoms with Crippen LogP contribution in [0.15, 0.2) is 63.4 Å². The van der Waals surface area contributed by atoms with Gasteiger partial charge in [0, 0.05) is 10.2 Å². The Morgan fingerprint density at radius 3 is 2.61 bits per heavy atom. The van der Waals surface area contributed by atoms with Gasteiger partial charge in [-0.3, -0.25) is 4.79 Å². The predicted octanol–water partition coefficient (Wildman–Crippen LogP) is 4.70. The number of amides is 1. The van der Waals surface area contributed by atoms with Crippen LogP contribution < -0.4 is 5.32 Å². The molecule has 0 aliphatic heterocycles. The number of hydrogen-bond donors (Lipinski definition) is 1. The number of nitrogens with one attached hydrogen (secondary N) is 1. The highest BCUT2D eigenvalue weighted by molar-refractivity contribution is 9.10. The number of carbonyl (C=O) groups excluding carboxylic acids is 1. The fourth-order valence-corrected chi connectivity index (χ4v) is 3.39. The first kappa shape index (κ1) is 16.2. The van der Waals surface area contributed by atoms with Gasteiger partial charge in [-0.15, -0.1) is 21.5 Å². The number of carbonyl (C=O) groups is 1. The van der Waals surface area contributed by atoms with Crippen molar-refractivity contribution in [1.82, 2.24) is 10.2 Å². The number of aromatic nitrogens is 2. The molecule has 0 saturated carbocycles. The Labute approximate surface area is 150 Å². The molecule has 23 heavy (non-hydrogen) atoms. The highest BCUT2D eigenvalue weighted by atomic mass is 79.9. The molecule has 0 radical (unpaired) electrons. The second-order valence-electron chi connectivity index (χ2n) is 4.58. The number of nitrogens with zero attached hydrogens (tertiary/aromatic N) is 2. The molecule has 3 rings (SSSR count). The third-order valence-corrected chi connectivity index (χ3v) is 5.23. The van der Waals surface area contributed by atoms with Crippen LogP contribution in [0, 0.1) is 0 Å². The fraction of sp³-hybridized carbons (Fsp3) is 0.0625. The molecule has 116 valence electrons. The number of rotatable bonds is 5. The predicted molar refractivity (Wildman–Crippen MR) is 98.8 cm³/mol. The number of thioether (sulfide) groups is 1. The molecule has 1 amide bonds. The Hall–Kier alpha value is -1.70. The Morgan fingerprint density at radius 2 is 1.96 bits per heavy atom. The maximum atomic E-state index is 11.9. The zero-order valence-electron chi connectivity index (χ0n) is 11.9. The normalized spacial score (nSPS) is 10.5. The standard InChI is InChI=1S/C16H12BrN3OS2/c17-11-3-5-12(6-4-11)18-15(21)10-23-16-8-7-13(19-20-16)14-2-1-9-22-14/h1-9H,10H2,(H,18,21). The van der Waals surface area contributed by atoms with Crippen LogP contribution in [0.25, 0.3) is 10.6 Å². The average molecular weight is 406 g/mol. The lowest BCUT2D eigenvalue weighted by Crippen LogP contribution is -2.14. The molecule has 1 N–H and O–H groups in total. The van der Waals surface area contributed by atoms with Gasteiger partial charge in [0.25, 0.3) is 0 Å². The Bertz CT molecular complexity index is 774. The van der Waals surface area contributed by atoms with Gasteiger partial charge in [0.05, 0.1) is 10.6 Å². The number of anilines is 1. The van der Waals surface area contributed by atoms with E-state index in [4.69, 9.17) is 0 Å². The van der Waals surface area contributed by atoms with Crippen molar-refractivity contribution in [3.05, 3.63) is 58.4 Å². The Kier molecular flexibility index (Phi) is 5.43. The third-order valence-electron chi connectivity index (χ3n) is 2.89. The van der Waals surface area contributed by atoms with Crippen molar-refractivity contribution in [3.63, 3.8) is 0 Å². The quantitative estimate of drug-likeness (QED) is 0.625. The second kappa shape index (κ2) is 7.72. The summed E-state index contributed by atoms with van der Waals surface area (Å²) in [7, 11) is 0. The number of thiophene rings is 1. The highest BCUT2D eigenvalue weighted by Crippen LogP contribution is 2.23. The van der Waals surface area contributed by atoms with E-state index in [1.54, 1.807) is 11.3 Å². The first-order valence-corrected chi connectivity index (χ1v) is 9.42. The monoisotopic (exact) mass is 405 g/mol. The van der Waals surface area contributed by atoms with Gasteiger partial charge in [-0.25, -0.2) is 0 Å². The van der Waals surface area contributed by atoms with E-state index < -0.39 is 0 Å². The van der Waals surface area contributed by atoms with Crippen molar-refractivity contribution in [2.75, 3.05) is 11.1 Å². The van der Waals surface area contributed by atoms with Gasteiger partial charge in [-0.05, 0) is 47.8 Å². The van der Waals surface area contributed by atoms with Crippen molar-refractivity contribution >= 4 is 50.6 Å². The molecule has 3 aromatic rings. The molecule has 0 unspecified atom stereocenters. The van der Waals surface area contributed by atoms with Crippen LogP contribution in [0.3, 0.4) is 0 Å². The summed E-state index contributed by atoms with van der Waals surface area (Å²) < 4.78 is 0.978. The van der Waals surface area contributed by atoms with E-state index in [0.29, 0.717) is 5.75 Å². The summed E-state index contributed by atoms with van der Waals surface area (Å²) in [6.07, 6.45) is 0. The van der Waals surface area contributed by atoms with E-state index in [1.165, 1.54) is 11.8 Å². The molecule has 0 bridgehead atoms. The minimum Gasteiger partial charge on any atom is -0.325 e. The molecule has 2 heterocycles. The summed E-state index contributed by atoms with van der Waals surface area (Å²) in [5.41, 5.74) is 1.63. The molecule has 2 aromatic heterocycles. The molecular formula is C16H12BrN3OS2. The average Bonchev–Trinajstić information content (AvgIpc) is 3.10. The van der Waals surface area contributed by atoms with Crippen LogP contribution >= 0.6 is 39.0 Å². The van der Waals surface area contributed by atoms with Crippen LogP contribution in [-0.4, -0.2) is 21.9 Å². The number of halogens is 1. The van der Waals surface area contributed by atoms with E-state index >= 15 is 0 Å². The molecule has 0 saturated heterocycles. The lowest BCUT2D eigenvalue weighted by Gasteiger charge is -2.05. The van der Waals surface area contributed by atoms with Gasteiger partial charge in [-0.1, -0.05) is 33.8 Å². The summed E-state index contributed by atoms with van der Waals surface area (Å²) in [4.78, 5) is 13.0. The first-order chi connectivity index (χ1) is 11.2. The zero-order valence-corrected chi connectivity index (χ0v) is 15.1. The van der Waals surface area contributed by atoms with Gasteiger partial charge in [0.2, 0.25) is 5.91 Å². The van der Waals surface area contributed by atoms with E-state index in [-0.39, 0.29) is 5.91 Å². The molecule has 0 aliphatic rings. The summed E-state index contributed by atoms with van der Waals surface area (Å²) >= 11 is 6.35. The topological polar surface area (TPSA) is 54.9 Å². The smallest absolute Gasteiger partial charge is 0.234 e. The van der Waals surface area contributed by atoms with Crippen LogP contribution in [0.2, 0.25) is 0 Å². The summed E-state index contributed by atoms with van der Waals surface area (Å²) in [5.74, 6) is 0.227. The minimum atomic E-state index is -0.0681. The number of benzene rings is 1. The second-order valence-corrected chi connectivity index (χ2v) is 7.44. The molecule has 4 nitrogen and oxygen atoms in total. The van der Waals surface area contributed by atoms with Crippen LogP contribution in [0.1, 0.15) is 0 Å². The molecule has 0 aliphatic carbocycles. The zero-order chi connectivity index (χ0) is 16.1. The van der Waals surface area contributed by atoms with E-state index in [2.05, 4.69) is 31.4 Å². The molecule has 0 fully saturated rings. The van der Waals surface area contributed by atoms with E-state index in [9.17, 15) is 4.79 Å². The molecule has 1 aromatic carbocycles. The van der Waals surface area contributed by atoms with Gasteiger partial charge < -0.3 is 5.32 Å². The van der Waals surface area contributed by atoms with Crippen LogP contribution in [0.5, 0.6) is 0 Å². The minimum absolute atomic E-state index is 0.0681. The van der Waals surface area contributed by atoms with Crippen molar-refractivity contribution in [3.8, 4) is 10.6 Å². The summed E-state index contributed by atoms with van der Waals surface area (Å²) in [6.45, 7) is 0. The van der Waals surface area contributed by atoms with Crippen LogP contribution in [0.4, 0.5) is 5.69 Å². The lowest BCUT2D eigenvalue weighted by atomic mass is 10.3.